The van der Waals surface area contributed by atoms with Crippen molar-refractivity contribution in [1.29, 1.82) is 0 Å². The molecule has 36 heavy (non-hydrogen) atoms. The first-order chi connectivity index (χ1) is 17.3. The van der Waals surface area contributed by atoms with Crippen LogP contribution in [0, 0.1) is 17.5 Å². The van der Waals surface area contributed by atoms with Gasteiger partial charge in [-0.25, -0.2) is 23.1 Å². The van der Waals surface area contributed by atoms with E-state index in [1.165, 1.54) is 0 Å². The van der Waals surface area contributed by atoms with Crippen LogP contribution in [0.5, 0.6) is 11.5 Å². The summed E-state index contributed by atoms with van der Waals surface area (Å²) < 4.78 is 76.9. The van der Waals surface area contributed by atoms with Gasteiger partial charge in [-0.1, -0.05) is 30.3 Å². The average Bonchev–Trinajstić information content (AvgIpc) is 2.85. The fourth-order valence-corrected chi connectivity index (χ4v) is 3.94. The summed E-state index contributed by atoms with van der Waals surface area (Å²) in [5, 5.41) is 1.17. The molecule has 188 valence electrons. The molecule has 0 fully saturated rings. The highest BCUT2D eigenvalue weighted by Gasteiger charge is 2.17. The second-order valence-electron chi connectivity index (χ2n) is 8.13. The normalized spacial score (nSPS) is 11.3. The summed E-state index contributed by atoms with van der Waals surface area (Å²) in [7, 11) is 0. The van der Waals surface area contributed by atoms with Crippen molar-refractivity contribution in [3.05, 3.63) is 94.8 Å². The van der Waals surface area contributed by atoms with E-state index < -0.39 is 29.8 Å². The van der Waals surface area contributed by atoms with E-state index in [9.17, 15) is 17.6 Å². The second kappa shape index (κ2) is 11.3. The molecular formula is C27H23F5N2O2. The molecule has 4 nitrogen and oxygen atoms in total. The molecule has 0 aliphatic rings. The third-order valence-electron chi connectivity index (χ3n) is 5.68. The molecule has 3 aromatic carbocycles. The van der Waals surface area contributed by atoms with Gasteiger partial charge in [-0.15, -0.1) is 0 Å². The van der Waals surface area contributed by atoms with E-state index in [-0.39, 0.29) is 18.4 Å². The molecular weight excluding hydrogens is 479 g/mol. The van der Waals surface area contributed by atoms with Gasteiger partial charge in [-0.05, 0) is 60.4 Å². The van der Waals surface area contributed by atoms with E-state index in [2.05, 4.69) is 14.7 Å². The molecule has 0 amide bonds. The van der Waals surface area contributed by atoms with Gasteiger partial charge in [-0.2, -0.15) is 8.78 Å². The van der Waals surface area contributed by atoms with Crippen LogP contribution in [0.4, 0.5) is 22.0 Å². The van der Waals surface area contributed by atoms with E-state index >= 15 is 4.39 Å². The monoisotopic (exact) mass is 502 g/mol. The van der Waals surface area contributed by atoms with Gasteiger partial charge in [0.2, 0.25) is 0 Å². The van der Waals surface area contributed by atoms with Gasteiger partial charge in [0, 0.05) is 11.8 Å². The van der Waals surface area contributed by atoms with Crippen molar-refractivity contribution < 1.29 is 31.4 Å². The molecule has 0 radical (unpaired) electrons. The van der Waals surface area contributed by atoms with E-state index in [1.54, 1.807) is 30.6 Å². The van der Waals surface area contributed by atoms with Crippen molar-refractivity contribution in [2.24, 2.45) is 0 Å². The number of halogens is 5. The first-order valence-corrected chi connectivity index (χ1v) is 11.4. The van der Waals surface area contributed by atoms with Crippen LogP contribution >= 0.6 is 0 Å². The number of rotatable bonds is 10. The van der Waals surface area contributed by atoms with Crippen LogP contribution in [0.15, 0.2) is 54.9 Å². The lowest BCUT2D eigenvalue weighted by molar-refractivity contribution is -0.0546. The Morgan fingerprint density at radius 3 is 2.17 bits per heavy atom. The van der Waals surface area contributed by atoms with Gasteiger partial charge in [0.15, 0.2) is 23.1 Å². The third kappa shape index (κ3) is 6.08. The topological polar surface area (TPSA) is 44.2 Å². The lowest BCUT2D eigenvalue weighted by Crippen LogP contribution is -2.06. The van der Waals surface area contributed by atoms with Crippen molar-refractivity contribution in [3.63, 3.8) is 0 Å². The number of hydrogen-bond donors (Lipinski definition) is 0. The quantitative estimate of drug-likeness (QED) is 0.229. The molecule has 4 aromatic rings. The number of aromatic nitrogens is 2. The van der Waals surface area contributed by atoms with E-state index in [0.717, 1.165) is 23.1 Å². The van der Waals surface area contributed by atoms with Gasteiger partial charge < -0.3 is 9.47 Å². The highest BCUT2D eigenvalue weighted by atomic mass is 19.3. The summed E-state index contributed by atoms with van der Waals surface area (Å²) in [6.07, 6.45) is 4.86. The van der Waals surface area contributed by atoms with Crippen molar-refractivity contribution in [3.8, 4) is 11.5 Å². The number of aryl methyl sites for hydroxylation is 4. The zero-order chi connectivity index (χ0) is 25.7. The molecule has 0 saturated heterocycles. The highest BCUT2D eigenvalue weighted by molar-refractivity contribution is 5.84. The Hall–Kier alpha value is -3.75. The number of hydrogen-bond acceptors (Lipinski definition) is 4. The predicted molar refractivity (Wildman–Crippen MR) is 125 cm³/mol. The highest BCUT2D eigenvalue weighted by Crippen LogP contribution is 2.27. The maximum absolute atomic E-state index is 15.1. The Balaban J connectivity index is 1.43. The zero-order valence-electron chi connectivity index (χ0n) is 19.4. The van der Waals surface area contributed by atoms with Crippen LogP contribution < -0.4 is 9.47 Å². The van der Waals surface area contributed by atoms with E-state index in [0.29, 0.717) is 42.0 Å². The SMILES string of the molecule is CCOc1cnc(CCc2ccc3c(F)c(CCc4cc(F)c(OC(F)F)c(F)c4)ccc3c2)nc1. The fourth-order valence-electron chi connectivity index (χ4n) is 3.94. The Labute approximate surface area is 204 Å². The van der Waals surface area contributed by atoms with Crippen LogP contribution in [0.25, 0.3) is 10.8 Å². The Morgan fingerprint density at radius 1 is 0.806 bits per heavy atom. The molecule has 1 heterocycles. The van der Waals surface area contributed by atoms with Gasteiger partial charge in [0.05, 0.1) is 19.0 Å². The average molecular weight is 502 g/mol. The van der Waals surface area contributed by atoms with Crippen molar-refractivity contribution in [1.82, 2.24) is 9.97 Å². The molecule has 0 N–H and O–H groups in total. The van der Waals surface area contributed by atoms with E-state index in [4.69, 9.17) is 4.74 Å². The van der Waals surface area contributed by atoms with Gasteiger partial charge >= 0.3 is 6.61 Å². The summed E-state index contributed by atoms with van der Waals surface area (Å²) >= 11 is 0. The lowest BCUT2D eigenvalue weighted by Gasteiger charge is -2.11. The maximum Gasteiger partial charge on any atom is 0.387 e. The minimum Gasteiger partial charge on any atom is -0.491 e. The number of alkyl halides is 2. The van der Waals surface area contributed by atoms with Gasteiger partial charge in [0.1, 0.15) is 11.6 Å². The molecule has 0 atom stereocenters. The molecule has 1 aromatic heterocycles. The van der Waals surface area contributed by atoms with Crippen LogP contribution in [-0.4, -0.2) is 23.2 Å². The largest absolute Gasteiger partial charge is 0.491 e. The smallest absolute Gasteiger partial charge is 0.387 e. The van der Waals surface area contributed by atoms with Crippen LogP contribution in [0.2, 0.25) is 0 Å². The second-order valence-corrected chi connectivity index (χ2v) is 8.13. The Bertz CT molecular complexity index is 1320. The zero-order valence-corrected chi connectivity index (χ0v) is 19.4. The number of benzene rings is 3. The van der Waals surface area contributed by atoms with Crippen molar-refractivity contribution in [2.45, 2.75) is 39.2 Å². The minimum absolute atomic E-state index is 0.116. The first-order valence-electron chi connectivity index (χ1n) is 11.4. The van der Waals surface area contributed by atoms with Gasteiger partial charge in [-0.3, -0.25) is 0 Å². The van der Waals surface area contributed by atoms with Crippen LogP contribution in [0.1, 0.15) is 29.4 Å². The van der Waals surface area contributed by atoms with Gasteiger partial charge in [0.25, 0.3) is 0 Å². The minimum atomic E-state index is -3.34. The third-order valence-corrected chi connectivity index (χ3v) is 5.68. The summed E-state index contributed by atoms with van der Waals surface area (Å²) in [5.74, 6) is -2.70. The molecule has 0 spiro atoms. The summed E-state index contributed by atoms with van der Waals surface area (Å²) in [6, 6.07) is 10.7. The lowest BCUT2D eigenvalue weighted by atomic mass is 9.98. The molecule has 9 heteroatoms. The maximum atomic E-state index is 15.1. The number of ether oxygens (including phenoxy) is 2. The van der Waals surface area contributed by atoms with Crippen LogP contribution in [0.3, 0.4) is 0 Å². The van der Waals surface area contributed by atoms with Crippen molar-refractivity contribution >= 4 is 10.8 Å². The van der Waals surface area contributed by atoms with Crippen molar-refractivity contribution in [2.75, 3.05) is 6.61 Å². The molecule has 0 aliphatic carbocycles. The molecule has 4 rings (SSSR count). The number of fused-ring (bicyclic) bond motifs is 1. The molecule has 0 unspecified atom stereocenters. The van der Waals surface area contributed by atoms with E-state index in [1.807, 2.05) is 19.1 Å². The standard InChI is InChI=1S/C27H23F5N2O2/c1-2-35-20-14-33-24(34-15-20)10-5-16-4-9-21-19(11-16)8-7-18(25(21)30)6-3-17-12-22(28)26(23(29)13-17)36-27(31)32/h4,7-9,11-15,27H,2-3,5-6,10H2,1H3. The molecule has 0 bridgehead atoms. The van der Waals surface area contributed by atoms with Crippen LogP contribution in [-0.2, 0) is 25.7 Å². The first kappa shape index (κ1) is 25.3. The summed E-state index contributed by atoms with van der Waals surface area (Å²) in [5.41, 5.74) is 1.59. The summed E-state index contributed by atoms with van der Waals surface area (Å²) in [4.78, 5) is 8.58. The molecule has 0 aliphatic heterocycles. The fraction of sp³-hybridized carbons (Fsp3) is 0.259. The number of nitrogens with zero attached hydrogens (tertiary/aromatic N) is 2. The Kier molecular flexibility index (Phi) is 7.97. The molecule has 0 saturated carbocycles. The summed E-state index contributed by atoms with van der Waals surface area (Å²) in [6.45, 7) is -0.911. The Morgan fingerprint density at radius 2 is 1.50 bits per heavy atom. The predicted octanol–water partition coefficient (Wildman–Crippen LogP) is 6.62.